The Labute approximate surface area is 72.2 Å². The lowest BCUT2D eigenvalue weighted by Crippen LogP contribution is -2.41. The molecule has 0 rings (SSSR count). The first-order chi connectivity index (χ1) is 5.55. The minimum atomic E-state index is -5.07. The SMILES string of the molecule is [B]C(OC([B])C(F)(F)F)C(F)(F)F. The quantitative estimate of drug-likeness (QED) is 0.481. The normalized spacial score (nSPS) is 18.3. The zero-order chi connectivity index (χ0) is 10.9. The summed E-state index contributed by atoms with van der Waals surface area (Å²) in [6, 6.07) is -6.08. The maximum absolute atomic E-state index is 11.5. The summed E-state index contributed by atoms with van der Waals surface area (Å²) in [5.41, 5.74) is 0. The molecule has 0 aliphatic heterocycles. The standard InChI is InChI=1S/C4H2B2F6O/c5-1(3(7,8)9)13-2(6)4(10,11)12/h1-2H. The molecule has 13 heavy (non-hydrogen) atoms. The lowest BCUT2D eigenvalue weighted by atomic mass is 9.95. The van der Waals surface area contributed by atoms with E-state index in [2.05, 4.69) is 20.4 Å². The van der Waals surface area contributed by atoms with E-state index in [1.54, 1.807) is 0 Å². The van der Waals surface area contributed by atoms with Crippen LogP contribution in [-0.4, -0.2) is 40.1 Å². The van der Waals surface area contributed by atoms with Crippen LogP contribution < -0.4 is 0 Å². The number of hydrogen-bond donors (Lipinski definition) is 0. The fourth-order valence-corrected chi connectivity index (χ4v) is 0.312. The van der Waals surface area contributed by atoms with Crippen molar-refractivity contribution >= 4 is 15.7 Å². The van der Waals surface area contributed by atoms with Crippen LogP contribution in [0.5, 0.6) is 0 Å². The number of rotatable bonds is 2. The molecule has 72 valence electrons. The van der Waals surface area contributed by atoms with Gasteiger partial charge in [-0.2, -0.15) is 26.3 Å². The zero-order valence-corrected chi connectivity index (χ0v) is 5.99. The van der Waals surface area contributed by atoms with E-state index in [0.29, 0.717) is 0 Å². The van der Waals surface area contributed by atoms with Crippen molar-refractivity contribution in [1.82, 2.24) is 0 Å². The molecule has 9 heteroatoms. The highest BCUT2D eigenvalue weighted by Crippen LogP contribution is 2.26. The van der Waals surface area contributed by atoms with Crippen LogP contribution in [0.1, 0.15) is 0 Å². The van der Waals surface area contributed by atoms with Crippen molar-refractivity contribution in [3.8, 4) is 0 Å². The molecule has 0 aliphatic carbocycles. The van der Waals surface area contributed by atoms with Crippen molar-refractivity contribution in [1.29, 1.82) is 0 Å². The third kappa shape index (κ3) is 4.44. The summed E-state index contributed by atoms with van der Waals surface area (Å²) >= 11 is 0. The second-order valence-electron chi connectivity index (χ2n) is 2.06. The van der Waals surface area contributed by atoms with Crippen LogP contribution >= 0.6 is 0 Å². The van der Waals surface area contributed by atoms with Gasteiger partial charge < -0.3 is 4.74 Å². The number of ether oxygens (including phenoxy) is 1. The molecular weight excluding hydrogens is 200 g/mol. The van der Waals surface area contributed by atoms with E-state index in [0.717, 1.165) is 0 Å². The molecule has 2 atom stereocenters. The molecule has 0 saturated carbocycles. The van der Waals surface area contributed by atoms with Gasteiger partial charge >= 0.3 is 12.4 Å². The fourth-order valence-electron chi connectivity index (χ4n) is 0.312. The Morgan fingerprint density at radius 2 is 1.00 bits per heavy atom. The molecule has 2 unspecified atom stereocenters. The molecule has 0 saturated heterocycles. The maximum Gasteiger partial charge on any atom is 0.405 e. The summed E-state index contributed by atoms with van der Waals surface area (Å²) in [5, 5.41) is 0. The molecule has 0 N–H and O–H groups in total. The van der Waals surface area contributed by atoms with Gasteiger partial charge in [-0.05, 0) is 0 Å². The molecule has 0 aliphatic rings. The number of hydrogen-bond acceptors (Lipinski definition) is 1. The first-order valence-electron chi connectivity index (χ1n) is 2.85. The van der Waals surface area contributed by atoms with E-state index in [-0.39, 0.29) is 0 Å². The van der Waals surface area contributed by atoms with E-state index >= 15 is 0 Å². The van der Waals surface area contributed by atoms with Crippen molar-refractivity contribution < 1.29 is 31.1 Å². The van der Waals surface area contributed by atoms with Gasteiger partial charge in [0, 0.05) is 0 Å². The Bertz CT molecular complexity index is 147. The van der Waals surface area contributed by atoms with Gasteiger partial charge in [-0.3, -0.25) is 0 Å². The number of halogens is 6. The second-order valence-corrected chi connectivity index (χ2v) is 2.06. The van der Waals surface area contributed by atoms with E-state index in [9.17, 15) is 26.3 Å². The van der Waals surface area contributed by atoms with Crippen LogP contribution in [0.25, 0.3) is 0 Å². The van der Waals surface area contributed by atoms with Gasteiger partial charge in [0.25, 0.3) is 0 Å². The van der Waals surface area contributed by atoms with Crippen LogP contribution in [0.15, 0.2) is 0 Å². The maximum atomic E-state index is 11.5. The summed E-state index contributed by atoms with van der Waals surface area (Å²) in [7, 11) is 8.44. The van der Waals surface area contributed by atoms with Gasteiger partial charge in [0.1, 0.15) is 27.7 Å². The summed E-state index contributed by atoms with van der Waals surface area (Å²) < 4.78 is 72.4. The summed E-state index contributed by atoms with van der Waals surface area (Å²) in [6.45, 7) is 0. The predicted molar refractivity (Wildman–Crippen MR) is 32.3 cm³/mol. The summed E-state index contributed by atoms with van der Waals surface area (Å²) in [4.78, 5) is 0. The smallest absolute Gasteiger partial charge is 0.376 e. The first-order valence-corrected chi connectivity index (χ1v) is 2.85. The summed E-state index contributed by atoms with van der Waals surface area (Å²) in [6.07, 6.45) is -10.1. The molecule has 0 bridgehead atoms. The molecule has 0 aromatic heterocycles. The van der Waals surface area contributed by atoms with Crippen molar-refractivity contribution in [2.24, 2.45) is 0 Å². The van der Waals surface area contributed by atoms with E-state index in [4.69, 9.17) is 0 Å². The molecule has 0 fully saturated rings. The van der Waals surface area contributed by atoms with Crippen LogP contribution in [0.2, 0.25) is 0 Å². The third-order valence-corrected chi connectivity index (χ3v) is 0.938. The Balaban J connectivity index is 4.15. The summed E-state index contributed by atoms with van der Waals surface area (Å²) in [5.74, 6) is 0. The highest BCUT2D eigenvalue weighted by molar-refractivity contribution is 6.13. The molecular formula is C4H2B2F6O. The van der Waals surface area contributed by atoms with E-state index in [1.807, 2.05) is 0 Å². The monoisotopic (exact) mass is 202 g/mol. The molecule has 0 aromatic carbocycles. The molecule has 0 spiro atoms. The third-order valence-electron chi connectivity index (χ3n) is 0.938. The molecule has 0 amide bonds. The van der Waals surface area contributed by atoms with Crippen molar-refractivity contribution in [3.05, 3.63) is 0 Å². The van der Waals surface area contributed by atoms with Crippen molar-refractivity contribution in [2.45, 2.75) is 24.4 Å². The average Bonchev–Trinajstić information content (AvgIpc) is 1.82. The Morgan fingerprint density at radius 3 is 1.15 bits per heavy atom. The first kappa shape index (κ1) is 12.7. The van der Waals surface area contributed by atoms with Crippen molar-refractivity contribution in [3.63, 3.8) is 0 Å². The molecule has 4 radical (unpaired) electrons. The van der Waals surface area contributed by atoms with Gasteiger partial charge in [-0.1, -0.05) is 0 Å². The molecule has 0 heterocycles. The highest BCUT2D eigenvalue weighted by Gasteiger charge is 2.43. The van der Waals surface area contributed by atoms with Crippen LogP contribution in [0.3, 0.4) is 0 Å². The Kier molecular flexibility index (Phi) is 3.71. The van der Waals surface area contributed by atoms with Crippen LogP contribution in [0, 0.1) is 0 Å². The van der Waals surface area contributed by atoms with Gasteiger partial charge in [0.15, 0.2) is 0 Å². The Hall–Kier alpha value is -0.330. The van der Waals surface area contributed by atoms with Gasteiger partial charge in [-0.15, -0.1) is 0 Å². The van der Waals surface area contributed by atoms with Crippen LogP contribution in [-0.2, 0) is 4.74 Å². The van der Waals surface area contributed by atoms with Gasteiger partial charge in [0.2, 0.25) is 0 Å². The Morgan fingerprint density at radius 1 is 0.769 bits per heavy atom. The topological polar surface area (TPSA) is 9.23 Å². The minimum absolute atomic E-state index is 3.04. The largest absolute Gasteiger partial charge is 0.405 e. The minimum Gasteiger partial charge on any atom is -0.376 e. The predicted octanol–water partition coefficient (Wildman–Crippen LogP) is 1.12. The van der Waals surface area contributed by atoms with E-state index in [1.165, 1.54) is 0 Å². The fraction of sp³-hybridized carbons (Fsp3) is 1.00. The highest BCUT2D eigenvalue weighted by atomic mass is 19.4. The lowest BCUT2D eigenvalue weighted by Gasteiger charge is -2.23. The van der Waals surface area contributed by atoms with Crippen molar-refractivity contribution in [2.75, 3.05) is 0 Å². The zero-order valence-electron chi connectivity index (χ0n) is 5.99. The number of alkyl halides is 6. The van der Waals surface area contributed by atoms with Crippen LogP contribution in [0.4, 0.5) is 26.3 Å². The average molecular weight is 202 g/mol. The molecule has 0 aromatic rings. The molecule has 1 nitrogen and oxygen atoms in total. The lowest BCUT2D eigenvalue weighted by molar-refractivity contribution is -0.245. The van der Waals surface area contributed by atoms with Gasteiger partial charge in [-0.25, -0.2) is 0 Å². The second kappa shape index (κ2) is 3.81. The van der Waals surface area contributed by atoms with Gasteiger partial charge in [0.05, 0.1) is 0 Å². The van der Waals surface area contributed by atoms with E-state index < -0.39 is 24.4 Å².